The summed E-state index contributed by atoms with van der Waals surface area (Å²) in [6, 6.07) is 9.79. The molecular formula is C21H20FN3O3. The van der Waals surface area contributed by atoms with Crippen molar-refractivity contribution in [2.24, 2.45) is 0 Å². The Bertz CT molecular complexity index is 1050. The molecule has 6 nitrogen and oxygen atoms in total. The Hall–Kier alpha value is -3.48. The molecule has 2 aromatic carbocycles. The second kappa shape index (κ2) is 8.04. The van der Waals surface area contributed by atoms with Crippen LogP contribution in [0.1, 0.15) is 28.4 Å². The molecule has 3 aromatic rings. The van der Waals surface area contributed by atoms with E-state index >= 15 is 0 Å². The summed E-state index contributed by atoms with van der Waals surface area (Å²) in [5.74, 6) is -0.315. The van der Waals surface area contributed by atoms with Gasteiger partial charge in [0, 0.05) is 17.3 Å². The Morgan fingerprint density at radius 1 is 1.18 bits per heavy atom. The summed E-state index contributed by atoms with van der Waals surface area (Å²) >= 11 is 0. The number of carbonyl (C=O) groups is 1. The van der Waals surface area contributed by atoms with E-state index in [0.717, 1.165) is 11.1 Å². The van der Waals surface area contributed by atoms with Crippen molar-refractivity contribution >= 4 is 28.4 Å². The predicted molar refractivity (Wildman–Crippen MR) is 106 cm³/mol. The highest BCUT2D eigenvalue weighted by atomic mass is 19.1. The summed E-state index contributed by atoms with van der Waals surface area (Å²) in [5, 5.41) is 11.4. The number of pyridine rings is 1. The summed E-state index contributed by atoms with van der Waals surface area (Å²) in [7, 11) is 2.75. The first kappa shape index (κ1) is 19.3. The van der Waals surface area contributed by atoms with Gasteiger partial charge < -0.3 is 14.8 Å². The van der Waals surface area contributed by atoms with Crippen LogP contribution in [0.5, 0.6) is 5.75 Å². The number of nitrogens with zero attached hydrogens (tertiary/aromatic N) is 1. The molecular weight excluding hydrogens is 361 g/mol. The Morgan fingerprint density at radius 2 is 1.89 bits per heavy atom. The number of fused-ring (bicyclic) bond motifs is 1. The Kier molecular flexibility index (Phi) is 5.54. The summed E-state index contributed by atoms with van der Waals surface area (Å²) in [6.45, 7) is 1.60. The van der Waals surface area contributed by atoms with Gasteiger partial charge in [0.25, 0.3) is 0 Å². The number of esters is 1. The van der Waals surface area contributed by atoms with E-state index in [9.17, 15) is 9.18 Å². The van der Waals surface area contributed by atoms with E-state index in [1.807, 2.05) is 6.07 Å². The monoisotopic (exact) mass is 381 g/mol. The highest BCUT2D eigenvalue weighted by Gasteiger charge is 2.20. The maximum absolute atomic E-state index is 13.1. The van der Waals surface area contributed by atoms with Crippen LogP contribution in [0.2, 0.25) is 0 Å². The van der Waals surface area contributed by atoms with Gasteiger partial charge in [-0.25, -0.2) is 9.18 Å². The standard InChI is InChI=1S/C21H20FN3O3/c1-12(23)25-18-10-17(21(26)28-3)20(27-2)19-16(18)9-14(11-24-19)8-13-4-6-15(22)7-5-13/h4-7,9-11H,8H2,1-3H3,(H2,23,25). The fourth-order valence-electron chi connectivity index (χ4n) is 3.02. The van der Waals surface area contributed by atoms with Gasteiger partial charge in [0.15, 0.2) is 5.75 Å². The number of benzene rings is 2. The van der Waals surface area contributed by atoms with Gasteiger partial charge in [-0.15, -0.1) is 0 Å². The van der Waals surface area contributed by atoms with Crippen LogP contribution < -0.4 is 10.1 Å². The lowest BCUT2D eigenvalue weighted by atomic mass is 10.0. The van der Waals surface area contributed by atoms with Gasteiger partial charge in [-0.1, -0.05) is 12.1 Å². The number of ether oxygens (including phenoxy) is 2. The molecule has 1 aromatic heterocycles. The van der Waals surface area contributed by atoms with Crippen LogP contribution in [-0.4, -0.2) is 31.0 Å². The quantitative estimate of drug-likeness (QED) is 0.394. The minimum atomic E-state index is -0.554. The molecule has 144 valence electrons. The second-order valence-corrected chi connectivity index (χ2v) is 6.29. The number of methoxy groups -OCH3 is 2. The molecule has 0 unspecified atom stereocenters. The highest BCUT2D eigenvalue weighted by molar-refractivity contribution is 6.08. The van der Waals surface area contributed by atoms with Crippen molar-refractivity contribution in [2.45, 2.75) is 13.3 Å². The van der Waals surface area contributed by atoms with E-state index in [-0.39, 0.29) is 17.2 Å². The van der Waals surface area contributed by atoms with Crippen LogP contribution in [0.25, 0.3) is 10.9 Å². The van der Waals surface area contributed by atoms with Crippen molar-refractivity contribution in [1.82, 2.24) is 4.98 Å². The number of halogens is 1. The topological polar surface area (TPSA) is 84.3 Å². The minimum Gasteiger partial charge on any atom is -0.494 e. The van der Waals surface area contributed by atoms with Crippen molar-refractivity contribution in [1.29, 1.82) is 5.41 Å². The lowest BCUT2D eigenvalue weighted by Gasteiger charge is -2.15. The van der Waals surface area contributed by atoms with Crippen molar-refractivity contribution in [3.8, 4) is 5.75 Å². The first-order valence-electron chi connectivity index (χ1n) is 8.57. The van der Waals surface area contributed by atoms with Gasteiger partial charge in [-0.2, -0.15) is 0 Å². The number of aromatic nitrogens is 1. The number of rotatable bonds is 5. The number of carbonyl (C=O) groups excluding carboxylic acids is 1. The lowest BCUT2D eigenvalue weighted by Crippen LogP contribution is -2.10. The Morgan fingerprint density at radius 3 is 2.50 bits per heavy atom. The van der Waals surface area contributed by atoms with E-state index in [4.69, 9.17) is 14.9 Å². The zero-order valence-electron chi connectivity index (χ0n) is 15.8. The van der Waals surface area contributed by atoms with Crippen LogP contribution in [0.4, 0.5) is 10.1 Å². The average Bonchev–Trinajstić information content (AvgIpc) is 2.68. The zero-order chi connectivity index (χ0) is 20.3. The van der Waals surface area contributed by atoms with Gasteiger partial charge in [-0.3, -0.25) is 10.4 Å². The number of hydrogen-bond donors (Lipinski definition) is 2. The molecule has 0 saturated heterocycles. The van der Waals surface area contributed by atoms with E-state index < -0.39 is 5.97 Å². The van der Waals surface area contributed by atoms with E-state index in [2.05, 4.69) is 10.3 Å². The van der Waals surface area contributed by atoms with E-state index in [0.29, 0.717) is 28.8 Å². The number of amidine groups is 1. The largest absolute Gasteiger partial charge is 0.494 e. The molecule has 0 atom stereocenters. The van der Waals surface area contributed by atoms with Crippen LogP contribution in [0.15, 0.2) is 42.6 Å². The molecule has 28 heavy (non-hydrogen) atoms. The molecule has 0 radical (unpaired) electrons. The normalized spacial score (nSPS) is 10.6. The van der Waals surface area contributed by atoms with E-state index in [1.165, 1.54) is 26.4 Å². The molecule has 0 fully saturated rings. The van der Waals surface area contributed by atoms with Crippen LogP contribution >= 0.6 is 0 Å². The second-order valence-electron chi connectivity index (χ2n) is 6.29. The van der Waals surface area contributed by atoms with Crippen LogP contribution in [0, 0.1) is 11.2 Å². The Balaban J connectivity index is 2.15. The SMILES string of the molecule is COC(=O)c1cc(NC(C)=N)c2cc(Cc3ccc(F)cc3)cnc2c1OC. The van der Waals surface area contributed by atoms with Gasteiger partial charge >= 0.3 is 5.97 Å². The number of nitrogens with one attached hydrogen (secondary N) is 2. The lowest BCUT2D eigenvalue weighted by molar-refractivity contribution is 0.0597. The summed E-state index contributed by atoms with van der Waals surface area (Å²) in [5.41, 5.74) is 3.10. The van der Waals surface area contributed by atoms with Crippen molar-refractivity contribution < 1.29 is 18.7 Å². The third-order valence-electron chi connectivity index (χ3n) is 4.24. The number of hydrogen-bond acceptors (Lipinski definition) is 5. The van der Waals surface area contributed by atoms with Gasteiger partial charge in [0.1, 0.15) is 16.9 Å². The molecule has 7 heteroatoms. The fraction of sp³-hybridized carbons (Fsp3) is 0.190. The summed E-state index contributed by atoms with van der Waals surface area (Å²) in [6.07, 6.45) is 2.25. The van der Waals surface area contributed by atoms with Gasteiger partial charge in [-0.05, 0) is 48.7 Å². The molecule has 2 N–H and O–H groups in total. The Labute approximate surface area is 161 Å². The van der Waals surface area contributed by atoms with Crippen molar-refractivity contribution in [3.63, 3.8) is 0 Å². The smallest absolute Gasteiger partial charge is 0.341 e. The molecule has 1 heterocycles. The third-order valence-corrected chi connectivity index (χ3v) is 4.24. The predicted octanol–water partition coefficient (Wildman–Crippen LogP) is 4.17. The zero-order valence-corrected chi connectivity index (χ0v) is 15.8. The first-order valence-corrected chi connectivity index (χ1v) is 8.57. The molecule has 3 rings (SSSR count). The molecule has 0 spiro atoms. The fourth-order valence-corrected chi connectivity index (χ4v) is 3.02. The maximum atomic E-state index is 13.1. The maximum Gasteiger partial charge on any atom is 0.341 e. The van der Waals surface area contributed by atoms with Crippen LogP contribution in [-0.2, 0) is 11.2 Å². The van der Waals surface area contributed by atoms with Gasteiger partial charge in [0.05, 0.1) is 20.1 Å². The average molecular weight is 381 g/mol. The minimum absolute atomic E-state index is 0.214. The molecule has 0 aliphatic rings. The third kappa shape index (κ3) is 3.93. The molecule has 0 aliphatic heterocycles. The molecule has 0 amide bonds. The first-order chi connectivity index (χ1) is 13.4. The van der Waals surface area contributed by atoms with Crippen molar-refractivity contribution in [2.75, 3.05) is 19.5 Å². The molecule has 0 aliphatic carbocycles. The molecule has 0 bridgehead atoms. The number of anilines is 1. The van der Waals surface area contributed by atoms with Gasteiger partial charge in [0.2, 0.25) is 0 Å². The summed E-state index contributed by atoms with van der Waals surface area (Å²) < 4.78 is 23.4. The molecule has 0 saturated carbocycles. The van der Waals surface area contributed by atoms with Crippen LogP contribution in [0.3, 0.4) is 0 Å². The highest BCUT2D eigenvalue weighted by Crippen LogP contribution is 2.35. The van der Waals surface area contributed by atoms with E-state index in [1.54, 1.807) is 31.3 Å². The van der Waals surface area contributed by atoms with Crippen molar-refractivity contribution in [3.05, 3.63) is 65.1 Å². The summed E-state index contributed by atoms with van der Waals surface area (Å²) in [4.78, 5) is 16.7.